The standard InChI is InChI=1S/C13H22O3/c1-13(6-2-4-11(14)10-13)7-5-12-15-8-3-9-16-12/h12H,2-10H2,1H3. The zero-order chi connectivity index (χ0) is 11.4. The van der Waals surface area contributed by atoms with Gasteiger partial charge in [0.05, 0.1) is 13.2 Å². The van der Waals surface area contributed by atoms with E-state index in [9.17, 15) is 4.79 Å². The zero-order valence-corrected chi connectivity index (χ0v) is 10.2. The summed E-state index contributed by atoms with van der Waals surface area (Å²) in [6.07, 6.45) is 6.72. The topological polar surface area (TPSA) is 35.5 Å². The maximum atomic E-state index is 11.5. The van der Waals surface area contributed by atoms with E-state index in [2.05, 4.69) is 6.92 Å². The molecule has 0 bridgehead atoms. The first kappa shape index (κ1) is 12.1. The summed E-state index contributed by atoms with van der Waals surface area (Å²) in [4.78, 5) is 11.5. The number of carbonyl (C=O) groups excluding carboxylic acids is 1. The van der Waals surface area contributed by atoms with Gasteiger partial charge in [0, 0.05) is 12.8 Å². The van der Waals surface area contributed by atoms with Crippen LogP contribution >= 0.6 is 0 Å². The Hall–Kier alpha value is -0.410. The third-order valence-electron chi connectivity index (χ3n) is 3.74. The molecule has 2 rings (SSSR count). The lowest BCUT2D eigenvalue weighted by Crippen LogP contribution is -2.30. The Morgan fingerprint density at radius 3 is 2.75 bits per heavy atom. The lowest BCUT2D eigenvalue weighted by atomic mass is 9.72. The molecule has 1 saturated heterocycles. The molecule has 0 amide bonds. The minimum Gasteiger partial charge on any atom is -0.353 e. The van der Waals surface area contributed by atoms with Crippen molar-refractivity contribution < 1.29 is 14.3 Å². The van der Waals surface area contributed by atoms with Crippen LogP contribution in [0.5, 0.6) is 0 Å². The Labute approximate surface area is 97.5 Å². The first-order valence-corrected chi connectivity index (χ1v) is 6.43. The van der Waals surface area contributed by atoms with Gasteiger partial charge in [0.2, 0.25) is 0 Å². The Bertz CT molecular complexity index is 246. The van der Waals surface area contributed by atoms with Crippen molar-refractivity contribution in [2.24, 2.45) is 5.41 Å². The van der Waals surface area contributed by atoms with Crippen LogP contribution in [0.4, 0.5) is 0 Å². The van der Waals surface area contributed by atoms with Crippen LogP contribution < -0.4 is 0 Å². The van der Waals surface area contributed by atoms with E-state index in [0.717, 1.165) is 51.7 Å². The molecule has 16 heavy (non-hydrogen) atoms. The van der Waals surface area contributed by atoms with Crippen LogP contribution in [-0.4, -0.2) is 25.3 Å². The Kier molecular flexibility index (Phi) is 3.98. The Balaban J connectivity index is 1.76. The largest absolute Gasteiger partial charge is 0.353 e. The second kappa shape index (κ2) is 5.28. The summed E-state index contributed by atoms with van der Waals surface area (Å²) < 4.78 is 11.1. The van der Waals surface area contributed by atoms with Crippen molar-refractivity contribution in [2.75, 3.05) is 13.2 Å². The van der Waals surface area contributed by atoms with E-state index in [1.165, 1.54) is 6.42 Å². The van der Waals surface area contributed by atoms with E-state index >= 15 is 0 Å². The van der Waals surface area contributed by atoms with Gasteiger partial charge in [-0.3, -0.25) is 4.79 Å². The first-order valence-electron chi connectivity index (χ1n) is 6.43. The smallest absolute Gasteiger partial charge is 0.157 e. The van der Waals surface area contributed by atoms with Crippen LogP contribution in [0.25, 0.3) is 0 Å². The molecule has 3 nitrogen and oxygen atoms in total. The predicted octanol–water partition coefficient (Wildman–Crippen LogP) is 2.68. The summed E-state index contributed by atoms with van der Waals surface area (Å²) >= 11 is 0. The summed E-state index contributed by atoms with van der Waals surface area (Å²) in [5.74, 6) is 0.430. The van der Waals surface area contributed by atoms with Gasteiger partial charge in [0.25, 0.3) is 0 Å². The fourth-order valence-corrected chi connectivity index (χ4v) is 2.75. The van der Waals surface area contributed by atoms with Crippen LogP contribution in [0.2, 0.25) is 0 Å². The minimum absolute atomic E-state index is 0.0254. The second-order valence-corrected chi connectivity index (χ2v) is 5.44. The number of hydrogen-bond donors (Lipinski definition) is 0. The number of Topliss-reactive ketones (excluding diaryl/α,β-unsaturated/α-hetero) is 1. The number of carbonyl (C=O) groups is 1. The van der Waals surface area contributed by atoms with Gasteiger partial charge in [0.1, 0.15) is 5.78 Å². The van der Waals surface area contributed by atoms with Crippen molar-refractivity contribution in [2.45, 2.75) is 58.2 Å². The molecule has 0 spiro atoms. The normalized spacial score (nSPS) is 32.9. The Morgan fingerprint density at radius 2 is 2.06 bits per heavy atom. The predicted molar refractivity (Wildman–Crippen MR) is 61.1 cm³/mol. The van der Waals surface area contributed by atoms with Crippen LogP contribution in [0.1, 0.15) is 51.9 Å². The number of ether oxygens (including phenoxy) is 2. The van der Waals surface area contributed by atoms with Gasteiger partial charge in [-0.1, -0.05) is 6.92 Å². The maximum Gasteiger partial charge on any atom is 0.157 e. The quantitative estimate of drug-likeness (QED) is 0.742. The summed E-state index contributed by atoms with van der Waals surface area (Å²) in [6, 6.07) is 0. The van der Waals surface area contributed by atoms with Crippen LogP contribution in [0.3, 0.4) is 0 Å². The average Bonchev–Trinajstić information content (AvgIpc) is 2.28. The zero-order valence-electron chi connectivity index (χ0n) is 10.2. The SMILES string of the molecule is CC1(CCC2OCCCO2)CCCC(=O)C1. The third-order valence-corrected chi connectivity index (χ3v) is 3.74. The highest BCUT2D eigenvalue weighted by Crippen LogP contribution is 2.38. The molecule has 92 valence electrons. The van der Waals surface area contributed by atoms with Gasteiger partial charge in [-0.2, -0.15) is 0 Å². The monoisotopic (exact) mass is 226 g/mol. The van der Waals surface area contributed by atoms with Crippen molar-refractivity contribution in [3.8, 4) is 0 Å². The lowest BCUT2D eigenvalue weighted by molar-refractivity contribution is -0.184. The summed E-state index contributed by atoms with van der Waals surface area (Å²) in [5, 5.41) is 0. The molecule has 0 aromatic rings. The van der Waals surface area contributed by atoms with Gasteiger partial charge in [-0.25, -0.2) is 0 Å². The number of ketones is 1. The molecule has 1 unspecified atom stereocenters. The molecule has 0 aromatic carbocycles. The van der Waals surface area contributed by atoms with Crippen molar-refractivity contribution in [1.29, 1.82) is 0 Å². The number of hydrogen-bond acceptors (Lipinski definition) is 3. The molecule has 1 heterocycles. The summed E-state index contributed by atoms with van der Waals surface area (Å²) in [7, 11) is 0. The minimum atomic E-state index is -0.0254. The fraction of sp³-hybridized carbons (Fsp3) is 0.923. The highest BCUT2D eigenvalue weighted by atomic mass is 16.7. The molecule has 1 aliphatic carbocycles. The molecule has 1 aliphatic heterocycles. The molecule has 0 N–H and O–H groups in total. The highest BCUT2D eigenvalue weighted by molar-refractivity contribution is 5.79. The summed E-state index contributed by atoms with van der Waals surface area (Å²) in [5.41, 5.74) is 0.194. The van der Waals surface area contributed by atoms with E-state index < -0.39 is 0 Å². The van der Waals surface area contributed by atoms with E-state index in [1.54, 1.807) is 0 Å². The molecule has 1 saturated carbocycles. The lowest BCUT2D eigenvalue weighted by Gasteiger charge is -2.34. The van der Waals surface area contributed by atoms with E-state index in [-0.39, 0.29) is 11.7 Å². The van der Waals surface area contributed by atoms with Gasteiger partial charge < -0.3 is 9.47 Å². The number of rotatable bonds is 3. The molecule has 2 fully saturated rings. The van der Waals surface area contributed by atoms with E-state index in [4.69, 9.17) is 9.47 Å². The van der Waals surface area contributed by atoms with Gasteiger partial charge in [-0.15, -0.1) is 0 Å². The fourth-order valence-electron chi connectivity index (χ4n) is 2.75. The van der Waals surface area contributed by atoms with Gasteiger partial charge in [0.15, 0.2) is 6.29 Å². The second-order valence-electron chi connectivity index (χ2n) is 5.44. The molecule has 0 radical (unpaired) electrons. The molecule has 1 atom stereocenters. The van der Waals surface area contributed by atoms with Crippen molar-refractivity contribution in [3.63, 3.8) is 0 Å². The third kappa shape index (κ3) is 3.29. The maximum absolute atomic E-state index is 11.5. The van der Waals surface area contributed by atoms with Crippen LogP contribution in [0, 0.1) is 5.41 Å². The molecular formula is C13H22O3. The summed E-state index contributed by atoms with van der Waals surface area (Å²) in [6.45, 7) is 3.87. The molecule has 0 aromatic heterocycles. The van der Waals surface area contributed by atoms with Gasteiger partial charge >= 0.3 is 0 Å². The van der Waals surface area contributed by atoms with Gasteiger partial charge in [-0.05, 0) is 37.5 Å². The average molecular weight is 226 g/mol. The van der Waals surface area contributed by atoms with E-state index in [1.807, 2.05) is 0 Å². The van der Waals surface area contributed by atoms with Crippen molar-refractivity contribution in [1.82, 2.24) is 0 Å². The van der Waals surface area contributed by atoms with Crippen molar-refractivity contribution >= 4 is 5.78 Å². The van der Waals surface area contributed by atoms with Crippen LogP contribution in [-0.2, 0) is 14.3 Å². The highest BCUT2D eigenvalue weighted by Gasteiger charge is 2.32. The molecule has 2 aliphatic rings. The van der Waals surface area contributed by atoms with Crippen molar-refractivity contribution in [3.05, 3.63) is 0 Å². The Morgan fingerprint density at radius 1 is 1.31 bits per heavy atom. The van der Waals surface area contributed by atoms with E-state index in [0.29, 0.717) is 5.78 Å². The molecule has 3 heteroatoms. The van der Waals surface area contributed by atoms with Crippen LogP contribution in [0.15, 0.2) is 0 Å². The molecular weight excluding hydrogens is 204 g/mol. The first-order chi connectivity index (χ1) is 7.68.